The number of carbonyl (C=O) groups excluding carboxylic acids is 1. The summed E-state index contributed by atoms with van der Waals surface area (Å²) in [6.45, 7) is -0.234. The molecule has 8 heteroatoms. The van der Waals surface area contributed by atoms with E-state index in [0.717, 1.165) is 11.6 Å². The Balaban J connectivity index is 1.42. The molecular formula is C25H19F2NO5. The zero-order valence-corrected chi connectivity index (χ0v) is 17.3. The van der Waals surface area contributed by atoms with Crippen molar-refractivity contribution in [1.29, 1.82) is 0 Å². The van der Waals surface area contributed by atoms with Crippen LogP contribution in [0.25, 0.3) is 22.1 Å². The Hall–Kier alpha value is -4.20. The number of carboxylic acid groups (broad SMARTS) is 1. The molecule has 0 fully saturated rings. The average Bonchev–Trinajstić information content (AvgIpc) is 3.22. The molecule has 3 aromatic carbocycles. The minimum Gasteiger partial charge on any atom is -0.480 e. The molecule has 0 aliphatic rings. The van der Waals surface area contributed by atoms with Gasteiger partial charge in [-0.15, -0.1) is 0 Å². The molecule has 0 saturated carbocycles. The second-order valence-electron chi connectivity index (χ2n) is 7.37. The zero-order chi connectivity index (χ0) is 23.4. The molecule has 33 heavy (non-hydrogen) atoms. The summed E-state index contributed by atoms with van der Waals surface area (Å²) in [7, 11) is 0. The number of rotatable bonds is 7. The number of carbonyl (C=O) groups is 2. The minimum atomic E-state index is -1.18. The molecule has 0 radical (unpaired) electrons. The van der Waals surface area contributed by atoms with Crippen molar-refractivity contribution in [3.05, 3.63) is 95.8 Å². The highest BCUT2D eigenvalue weighted by atomic mass is 19.2. The summed E-state index contributed by atoms with van der Waals surface area (Å²) >= 11 is 0. The molecule has 0 bridgehead atoms. The van der Waals surface area contributed by atoms with Crippen LogP contribution in [0.15, 0.2) is 77.2 Å². The third-order valence-electron chi connectivity index (χ3n) is 5.05. The van der Waals surface area contributed by atoms with E-state index in [4.69, 9.17) is 9.15 Å². The van der Waals surface area contributed by atoms with Gasteiger partial charge in [0.2, 0.25) is 0 Å². The molecular weight excluding hydrogens is 432 g/mol. The Labute approximate surface area is 187 Å². The molecule has 1 heterocycles. The minimum absolute atomic E-state index is 0.106. The average molecular weight is 451 g/mol. The number of halogens is 2. The quantitative estimate of drug-likeness (QED) is 0.398. The Bertz CT molecular complexity index is 1300. The number of aliphatic carboxylic acids is 1. The smallest absolute Gasteiger partial charge is 0.408 e. The van der Waals surface area contributed by atoms with Crippen LogP contribution in [0.3, 0.4) is 0 Å². The maximum Gasteiger partial charge on any atom is 0.408 e. The number of ether oxygens (including phenoxy) is 1. The zero-order valence-electron chi connectivity index (χ0n) is 17.3. The fraction of sp³-hybridized carbons (Fsp3) is 0.120. The molecule has 0 unspecified atom stereocenters. The van der Waals surface area contributed by atoms with E-state index < -0.39 is 29.7 Å². The first-order chi connectivity index (χ1) is 15.9. The summed E-state index contributed by atoms with van der Waals surface area (Å²) in [5.41, 5.74) is 1.82. The topological polar surface area (TPSA) is 88.8 Å². The Kier molecular flexibility index (Phi) is 6.35. The highest BCUT2D eigenvalue weighted by Crippen LogP contribution is 2.29. The summed E-state index contributed by atoms with van der Waals surface area (Å²) in [5.74, 6) is -2.75. The number of amides is 1. The predicted molar refractivity (Wildman–Crippen MR) is 116 cm³/mol. The van der Waals surface area contributed by atoms with Gasteiger partial charge in [-0.05, 0) is 35.4 Å². The molecule has 2 N–H and O–H groups in total. The molecule has 0 spiro atoms. The van der Waals surface area contributed by atoms with Crippen LogP contribution in [-0.4, -0.2) is 23.2 Å². The van der Waals surface area contributed by atoms with Crippen LogP contribution < -0.4 is 5.32 Å². The first-order valence-corrected chi connectivity index (χ1v) is 10.1. The molecule has 1 atom stereocenters. The van der Waals surface area contributed by atoms with Crippen LogP contribution >= 0.6 is 0 Å². The lowest BCUT2D eigenvalue weighted by molar-refractivity contribution is -0.139. The van der Waals surface area contributed by atoms with Crippen molar-refractivity contribution >= 4 is 23.0 Å². The van der Waals surface area contributed by atoms with Gasteiger partial charge in [0, 0.05) is 17.4 Å². The maximum atomic E-state index is 14.1. The summed E-state index contributed by atoms with van der Waals surface area (Å²) < 4.78 is 38.4. The van der Waals surface area contributed by atoms with Gasteiger partial charge < -0.3 is 19.6 Å². The number of furan rings is 1. The monoisotopic (exact) mass is 451 g/mol. The molecule has 168 valence electrons. The summed E-state index contributed by atoms with van der Waals surface area (Å²) in [4.78, 5) is 23.6. The van der Waals surface area contributed by atoms with Gasteiger partial charge in [0.25, 0.3) is 0 Å². The summed E-state index contributed by atoms with van der Waals surface area (Å²) in [6, 6.07) is 18.2. The van der Waals surface area contributed by atoms with Crippen molar-refractivity contribution in [3.8, 4) is 11.1 Å². The van der Waals surface area contributed by atoms with Crippen LogP contribution in [-0.2, 0) is 22.6 Å². The number of fused-ring (bicyclic) bond motifs is 1. The highest BCUT2D eigenvalue weighted by molar-refractivity contribution is 5.84. The molecule has 1 aromatic heterocycles. The van der Waals surface area contributed by atoms with Crippen molar-refractivity contribution in [2.24, 2.45) is 0 Å². The van der Waals surface area contributed by atoms with Crippen LogP contribution in [0.2, 0.25) is 0 Å². The van der Waals surface area contributed by atoms with Crippen molar-refractivity contribution in [3.63, 3.8) is 0 Å². The largest absolute Gasteiger partial charge is 0.480 e. The molecule has 0 saturated heterocycles. The highest BCUT2D eigenvalue weighted by Gasteiger charge is 2.21. The molecule has 4 aromatic rings. The Morgan fingerprint density at radius 1 is 1.00 bits per heavy atom. The van der Waals surface area contributed by atoms with Gasteiger partial charge in [-0.2, -0.15) is 0 Å². The number of nitrogens with one attached hydrogen (secondary N) is 1. The Morgan fingerprint density at radius 3 is 2.55 bits per heavy atom. The van der Waals surface area contributed by atoms with E-state index in [-0.39, 0.29) is 18.6 Å². The van der Waals surface area contributed by atoms with E-state index in [1.807, 2.05) is 6.07 Å². The van der Waals surface area contributed by atoms with E-state index in [0.29, 0.717) is 22.3 Å². The van der Waals surface area contributed by atoms with E-state index in [9.17, 15) is 23.5 Å². The standard InChI is InChI=1S/C25H19F2NO5/c26-20-8-4-7-19(23(20)27)16-9-10-22-17(12-16)13-18(33-22)14-32-25(31)28-21(24(29)30)11-15-5-2-1-3-6-15/h1-10,12-13,21H,11,14H2,(H,28,31)(H,29,30)/t21-/m1/s1. The first-order valence-electron chi connectivity index (χ1n) is 10.1. The van der Waals surface area contributed by atoms with Gasteiger partial charge >= 0.3 is 12.1 Å². The van der Waals surface area contributed by atoms with Crippen LogP contribution in [0, 0.1) is 11.6 Å². The number of hydrogen-bond acceptors (Lipinski definition) is 4. The van der Waals surface area contributed by atoms with E-state index in [1.165, 1.54) is 12.1 Å². The molecule has 0 aliphatic carbocycles. The van der Waals surface area contributed by atoms with Crippen LogP contribution in [0.1, 0.15) is 11.3 Å². The Morgan fingerprint density at radius 2 is 1.79 bits per heavy atom. The van der Waals surface area contributed by atoms with Crippen molar-refractivity contribution < 1.29 is 32.6 Å². The van der Waals surface area contributed by atoms with Gasteiger partial charge in [0.15, 0.2) is 18.2 Å². The van der Waals surface area contributed by atoms with E-state index in [2.05, 4.69) is 5.32 Å². The van der Waals surface area contributed by atoms with E-state index >= 15 is 0 Å². The van der Waals surface area contributed by atoms with Gasteiger partial charge in [0.1, 0.15) is 17.4 Å². The van der Waals surface area contributed by atoms with Crippen LogP contribution in [0.5, 0.6) is 0 Å². The third kappa shape index (κ3) is 5.17. The molecule has 0 aliphatic heterocycles. The van der Waals surface area contributed by atoms with Gasteiger partial charge in [-0.3, -0.25) is 0 Å². The van der Waals surface area contributed by atoms with E-state index in [1.54, 1.807) is 48.5 Å². The predicted octanol–water partition coefficient (Wildman–Crippen LogP) is 5.30. The van der Waals surface area contributed by atoms with Crippen molar-refractivity contribution in [1.82, 2.24) is 5.32 Å². The van der Waals surface area contributed by atoms with Gasteiger partial charge in [-0.1, -0.05) is 48.5 Å². The lowest BCUT2D eigenvalue weighted by Gasteiger charge is -2.14. The number of carboxylic acids is 1. The maximum absolute atomic E-state index is 14.1. The van der Waals surface area contributed by atoms with Crippen molar-refractivity contribution in [2.45, 2.75) is 19.1 Å². The fourth-order valence-corrected chi connectivity index (χ4v) is 3.43. The number of alkyl carbamates (subject to hydrolysis) is 1. The molecule has 1 amide bonds. The molecule has 6 nitrogen and oxygen atoms in total. The second-order valence-corrected chi connectivity index (χ2v) is 7.37. The summed E-state index contributed by atoms with van der Waals surface area (Å²) in [6.07, 6.45) is -0.795. The van der Waals surface area contributed by atoms with Gasteiger partial charge in [0.05, 0.1) is 0 Å². The lowest BCUT2D eigenvalue weighted by atomic mass is 10.0. The fourth-order valence-electron chi connectivity index (χ4n) is 3.43. The third-order valence-corrected chi connectivity index (χ3v) is 5.05. The summed E-state index contributed by atoms with van der Waals surface area (Å²) in [5, 5.41) is 12.3. The molecule has 4 rings (SSSR count). The number of benzene rings is 3. The normalized spacial score (nSPS) is 11.8. The van der Waals surface area contributed by atoms with Crippen LogP contribution in [0.4, 0.5) is 13.6 Å². The van der Waals surface area contributed by atoms with Gasteiger partial charge in [-0.25, -0.2) is 18.4 Å². The SMILES string of the molecule is O=C(N[C@H](Cc1ccccc1)C(=O)O)OCc1cc2cc(-c3cccc(F)c3F)ccc2o1. The number of hydrogen-bond donors (Lipinski definition) is 2. The van der Waals surface area contributed by atoms with Crippen molar-refractivity contribution in [2.75, 3.05) is 0 Å². The second kappa shape index (κ2) is 9.52. The first kappa shape index (κ1) is 22.0. The lowest BCUT2D eigenvalue weighted by Crippen LogP contribution is -2.42.